The summed E-state index contributed by atoms with van der Waals surface area (Å²) in [7, 11) is 0. The van der Waals surface area contributed by atoms with E-state index in [0.717, 1.165) is 18.5 Å². The molecule has 0 atom stereocenters. The van der Waals surface area contributed by atoms with Gasteiger partial charge in [-0.05, 0) is 26.2 Å². The van der Waals surface area contributed by atoms with Gasteiger partial charge >= 0.3 is 6.03 Å². The Morgan fingerprint density at radius 1 is 1.32 bits per heavy atom. The van der Waals surface area contributed by atoms with E-state index in [-0.39, 0.29) is 11.9 Å². The third kappa shape index (κ3) is 6.01. The van der Waals surface area contributed by atoms with Gasteiger partial charge in [-0.2, -0.15) is 0 Å². The molecule has 1 heterocycles. The number of thiazole rings is 1. The van der Waals surface area contributed by atoms with Gasteiger partial charge in [-0.15, -0.1) is 11.3 Å². The molecule has 0 unspecified atom stereocenters. The van der Waals surface area contributed by atoms with Crippen LogP contribution < -0.4 is 16.0 Å². The highest BCUT2D eigenvalue weighted by molar-refractivity contribution is 7.13. The van der Waals surface area contributed by atoms with Crippen LogP contribution in [-0.4, -0.2) is 29.5 Å². The number of nitrogens with one attached hydrogen (secondary N) is 3. The summed E-state index contributed by atoms with van der Waals surface area (Å²) < 4.78 is 0. The Bertz CT molecular complexity index is 497. The number of hydrogen-bond acceptors (Lipinski definition) is 4. The lowest BCUT2D eigenvalue weighted by Gasteiger charge is -2.22. The van der Waals surface area contributed by atoms with Crippen LogP contribution in [-0.2, 0) is 4.79 Å². The van der Waals surface area contributed by atoms with Crippen LogP contribution in [0.5, 0.6) is 0 Å². The van der Waals surface area contributed by atoms with Crippen molar-refractivity contribution < 1.29 is 9.59 Å². The van der Waals surface area contributed by atoms with Crippen LogP contribution in [0.25, 0.3) is 0 Å². The molecule has 3 N–H and O–H groups in total. The van der Waals surface area contributed by atoms with Crippen molar-refractivity contribution in [2.24, 2.45) is 0 Å². The van der Waals surface area contributed by atoms with E-state index in [0.29, 0.717) is 30.6 Å². The van der Waals surface area contributed by atoms with Crippen molar-refractivity contribution >= 4 is 28.4 Å². The number of hydrogen-bond donors (Lipinski definition) is 3. The van der Waals surface area contributed by atoms with Gasteiger partial charge in [0.2, 0.25) is 5.91 Å². The van der Waals surface area contributed by atoms with Gasteiger partial charge in [-0.25, -0.2) is 9.78 Å². The largest absolute Gasteiger partial charge is 0.338 e. The van der Waals surface area contributed by atoms with Gasteiger partial charge in [-0.3, -0.25) is 4.79 Å². The summed E-state index contributed by atoms with van der Waals surface area (Å²) in [6.45, 7) is 2.39. The van der Waals surface area contributed by atoms with Crippen molar-refractivity contribution in [3.8, 4) is 0 Å². The Morgan fingerprint density at radius 3 is 2.77 bits per heavy atom. The fraction of sp³-hybridized carbons (Fsp3) is 0.667. The lowest BCUT2D eigenvalue weighted by atomic mass is 9.96. The van der Waals surface area contributed by atoms with Crippen LogP contribution in [0.3, 0.4) is 0 Å². The average Bonchev–Trinajstić information content (AvgIpc) is 2.90. The van der Waals surface area contributed by atoms with Crippen LogP contribution >= 0.6 is 11.3 Å². The van der Waals surface area contributed by atoms with E-state index in [1.165, 1.54) is 30.6 Å². The zero-order valence-corrected chi connectivity index (χ0v) is 13.8. The SMILES string of the molecule is Cc1csc(NC(=O)CCCNC(=O)NC2CCCCC2)n1. The van der Waals surface area contributed by atoms with Crippen LogP contribution in [0.4, 0.5) is 9.93 Å². The van der Waals surface area contributed by atoms with E-state index in [4.69, 9.17) is 0 Å². The fourth-order valence-electron chi connectivity index (χ4n) is 2.53. The minimum Gasteiger partial charge on any atom is -0.338 e. The van der Waals surface area contributed by atoms with Crippen LogP contribution in [0.15, 0.2) is 5.38 Å². The highest BCUT2D eigenvalue weighted by atomic mass is 32.1. The van der Waals surface area contributed by atoms with Gasteiger partial charge < -0.3 is 16.0 Å². The van der Waals surface area contributed by atoms with Gasteiger partial charge in [0.15, 0.2) is 5.13 Å². The number of carbonyl (C=O) groups excluding carboxylic acids is 2. The Labute approximate surface area is 135 Å². The van der Waals surface area contributed by atoms with Gasteiger partial charge in [-0.1, -0.05) is 19.3 Å². The zero-order chi connectivity index (χ0) is 15.8. The first-order valence-electron chi connectivity index (χ1n) is 7.90. The molecule has 122 valence electrons. The molecule has 0 aliphatic heterocycles. The van der Waals surface area contributed by atoms with Crippen molar-refractivity contribution in [1.29, 1.82) is 0 Å². The number of amides is 3. The predicted molar refractivity (Wildman–Crippen MR) is 88.1 cm³/mol. The first kappa shape index (κ1) is 16.7. The molecule has 2 rings (SSSR count). The van der Waals surface area contributed by atoms with E-state index < -0.39 is 0 Å². The lowest BCUT2D eigenvalue weighted by Crippen LogP contribution is -2.43. The molecule has 1 aliphatic carbocycles. The second-order valence-electron chi connectivity index (χ2n) is 5.68. The van der Waals surface area contributed by atoms with E-state index in [9.17, 15) is 9.59 Å². The molecule has 0 radical (unpaired) electrons. The van der Waals surface area contributed by atoms with Gasteiger partial charge in [0.25, 0.3) is 0 Å². The Balaban J connectivity index is 1.54. The van der Waals surface area contributed by atoms with Crippen molar-refractivity contribution in [3.05, 3.63) is 11.1 Å². The summed E-state index contributed by atoms with van der Waals surface area (Å²) in [4.78, 5) is 27.6. The summed E-state index contributed by atoms with van der Waals surface area (Å²) in [6, 6.07) is 0.188. The second-order valence-corrected chi connectivity index (χ2v) is 6.54. The normalized spacial score (nSPS) is 15.3. The van der Waals surface area contributed by atoms with Crippen molar-refractivity contribution in [1.82, 2.24) is 15.6 Å². The molecule has 0 bridgehead atoms. The van der Waals surface area contributed by atoms with E-state index in [1.54, 1.807) is 0 Å². The number of nitrogens with zero attached hydrogens (tertiary/aromatic N) is 1. The molecule has 0 aromatic carbocycles. The third-order valence-corrected chi connectivity index (χ3v) is 4.55. The maximum Gasteiger partial charge on any atom is 0.315 e. The van der Waals surface area contributed by atoms with Gasteiger partial charge in [0.1, 0.15) is 0 Å². The number of anilines is 1. The first-order valence-corrected chi connectivity index (χ1v) is 8.78. The molecule has 1 saturated carbocycles. The third-order valence-electron chi connectivity index (χ3n) is 3.67. The zero-order valence-electron chi connectivity index (χ0n) is 13.0. The van der Waals surface area contributed by atoms with Crippen LogP contribution in [0, 0.1) is 6.92 Å². The van der Waals surface area contributed by atoms with Crippen LogP contribution in [0.2, 0.25) is 0 Å². The highest BCUT2D eigenvalue weighted by Gasteiger charge is 2.15. The van der Waals surface area contributed by atoms with E-state index in [1.807, 2.05) is 12.3 Å². The molecule has 0 spiro atoms. The maximum atomic E-state index is 11.7. The number of urea groups is 1. The maximum absolute atomic E-state index is 11.7. The minimum atomic E-state index is -0.122. The predicted octanol–water partition coefficient (Wildman–Crippen LogP) is 2.80. The highest BCUT2D eigenvalue weighted by Crippen LogP contribution is 2.17. The molecule has 1 aliphatic rings. The molecular weight excluding hydrogens is 300 g/mol. The van der Waals surface area contributed by atoms with E-state index in [2.05, 4.69) is 20.9 Å². The molecule has 3 amide bonds. The number of aryl methyl sites for hydroxylation is 1. The fourth-order valence-corrected chi connectivity index (χ4v) is 3.23. The molecule has 6 nitrogen and oxygen atoms in total. The monoisotopic (exact) mass is 324 g/mol. The Hall–Kier alpha value is -1.63. The molecule has 22 heavy (non-hydrogen) atoms. The Kier molecular flexibility index (Phi) is 6.64. The van der Waals surface area contributed by atoms with Crippen LogP contribution in [0.1, 0.15) is 50.6 Å². The Morgan fingerprint density at radius 2 is 2.09 bits per heavy atom. The summed E-state index contributed by atoms with van der Waals surface area (Å²) in [5.41, 5.74) is 0.904. The quantitative estimate of drug-likeness (QED) is 0.704. The topological polar surface area (TPSA) is 83.1 Å². The second kappa shape index (κ2) is 8.73. The van der Waals surface area contributed by atoms with Gasteiger partial charge in [0, 0.05) is 24.4 Å². The smallest absolute Gasteiger partial charge is 0.315 e. The molecule has 1 aromatic rings. The summed E-state index contributed by atoms with van der Waals surface area (Å²) in [5.74, 6) is -0.0659. The number of aromatic nitrogens is 1. The summed E-state index contributed by atoms with van der Waals surface area (Å²) >= 11 is 1.42. The molecule has 7 heteroatoms. The average molecular weight is 324 g/mol. The van der Waals surface area contributed by atoms with Crippen molar-refractivity contribution in [3.63, 3.8) is 0 Å². The first-order chi connectivity index (χ1) is 10.6. The lowest BCUT2D eigenvalue weighted by molar-refractivity contribution is -0.116. The van der Waals surface area contributed by atoms with Crippen molar-refractivity contribution in [2.75, 3.05) is 11.9 Å². The van der Waals surface area contributed by atoms with Crippen molar-refractivity contribution in [2.45, 2.75) is 57.9 Å². The summed E-state index contributed by atoms with van der Waals surface area (Å²) in [5, 5.41) is 11.1. The van der Waals surface area contributed by atoms with Gasteiger partial charge in [0.05, 0.1) is 5.69 Å². The minimum absolute atomic E-state index is 0.0659. The molecule has 1 fully saturated rings. The van der Waals surface area contributed by atoms with E-state index >= 15 is 0 Å². The molecule has 1 aromatic heterocycles. The summed E-state index contributed by atoms with van der Waals surface area (Å²) in [6.07, 6.45) is 6.80. The number of rotatable bonds is 6. The number of carbonyl (C=O) groups is 2. The molecule has 0 saturated heterocycles. The standard InChI is InChI=1S/C15H24N4O2S/c1-11-10-22-15(17-11)19-13(20)8-5-9-16-14(21)18-12-6-3-2-4-7-12/h10,12H,2-9H2,1H3,(H2,16,18,21)(H,17,19,20). The molecular formula is C15H24N4O2S.